The molecule has 1 unspecified atom stereocenters. The van der Waals surface area contributed by atoms with Crippen molar-refractivity contribution in [2.24, 2.45) is 11.8 Å². The van der Waals surface area contributed by atoms with Crippen LogP contribution in [0.4, 0.5) is 0 Å². The first-order chi connectivity index (χ1) is 5.33. The molecule has 1 aliphatic heterocycles. The number of rotatable bonds is 1. The largest absolute Gasteiger partial charge is 0.355 e. The van der Waals surface area contributed by atoms with Crippen LogP contribution in [0.25, 0.3) is 0 Å². The molecule has 0 aromatic heterocycles. The van der Waals surface area contributed by atoms with Crippen molar-refractivity contribution in [3.05, 3.63) is 12.2 Å². The molecule has 0 aromatic carbocycles. The van der Waals surface area contributed by atoms with Crippen molar-refractivity contribution >= 4 is 5.78 Å². The van der Waals surface area contributed by atoms with E-state index in [0.717, 1.165) is 0 Å². The van der Waals surface area contributed by atoms with Crippen LogP contribution < -0.4 is 0 Å². The van der Waals surface area contributed by atoms with Gasteiger partial charge >= 0.3 is 0 Å². The van der Waals surface area contributed by atoms with Crippen LogP contribution in [0.2, 0.25) is 0 Å². The van der Waals surface area contributed by atoms with E-state index in [0.29, 0.717) is 6.61 Å². The highest BCUT2D eigenvalue weighted by molar-refractivity contribution is 5.94. The van der Waals surface area contributed by atoms with Crippen molar-refractivity contribution in [3.63, 3.8) is 0 Å². The summed E-state index contributed by atoms with van der Waals surface area (Å²) in [7, 11) is 1.60. The van der Waals surface area contributed by atoms with Crippen LogP contribution in [0.15, 0.2) is 12.2 Å². The molecule has 0 saturated carbocycles. The number of carbonyl (C=O) groups is 1. The van der Waals surface area contributed by atoms with E-state index in [1.54, 1.807) is 13.2 Å². The Morgan fingerprint density at radius 2 is 2.55 bits per heavy atom. The fraction of sp³-hybridized carbons (Fsp3) is 0.625. The predicted octanol–water partition coefficient (Wildman–Crippen LogP) is 0.360. The Balaban J connectivity index is 2.16. The third-order valence-electron chi connectivity index (χ3n) is 2.30. The maximum absolute atomic E-state index is 11.1. The lowest BCUT2D eigenvalue weighted by Gasteiger charge is -2.11. The number of allylic oxidation sites excluding steroid dienone is 1. The summed E-state index contributed by atoms with van der Waals surface area (Å²) in [5.41, 5.74) is 0. The van der Waals surface area contributed by atoms with Crippen LogP contribution in [0, 0.1) is 11.8 Å². The number of hydrogen-bond donors (Lipinski definition) is 0. The predicted molar refractivity (Wildman–Crippen MR) is 37.9 cm³/mol. The normalized spacial score (nSPS) is 41.5. The minimum absolute atomic E-state index is 0.0277. The smallest absolute Gasteiger partial charge is 0.164 e. The lowest BCUT2D eigenvalue weighted by Crippen LogP contribution is -2.19. The van der Waals surface area contributed by atoms with Gasteiger partial charge < -0.3 is 9.47 Å². The molecule has 2 aliphatic rings. The summed E-state index contributed by atoms with van der Waals surface area (Å²) >= 11 is 0. The second-order valence-corrected chi connectivity index (χ2v) is 2.88. The van der Waals surface area contributed by atoms with Crippen molar-refractivity contribution in [3.8, 4) is 0 Å². The first-order valence-corrected chi connectivity index (χ1v) is 3.69. The summed E-state index contributed by atoms with van der Waals surface area (Å²) < 4.78 is 10.3. The molecule has 3 atom stereocenters. The minimum atomic E-state index is -0.206. The van der Waals surface area contributed by atoms with Crippen molar-refractivity contribution in [1.29, 1.82) is 0 Å². The van der Waals surface area contributed by atoms with Gasteiger partial charge in [0.1, 0.15) is 0 Å². The summed E-state index contributed by atoms with van der Waals surface area (Å²) in [4.78, 5) is 11.1. The Morgan fingerprint density at radius 1 is 1.73 bits per heavy atom. The summed E-state index contributed by atoms with van der Waals surface area (Å²) in [6.45, 7) is 0.509. The van der Waals surface area contributed by atoms with Crippen LogP contribution in [0.5, 0.6) is 0 Å². The van der Waals surface area contributed by atoms with Crippen molar-refractivity contribution in [2.75, 3.05) is 13.7 Å². The summed E-state index contributed by atoms with van der Waals surface area (Å²) in [6.07, 6.45) is 3.31. The fourth-order valence-electron chi connectivity index (χ4n) is 1.66. The van der Waals surface area contributed by atoms with Gasteiger partial charge in [0.2, 0.25) is 0 Å². The lowest BCUT2D eigenvalue weighted by atomic mass is 9.98. The SMILES string of the molecule is COC1OC[C@H]2C(=O)C=C[C@@H]12. The molecule has 3 heteroatoms. The van der Waals surface area contributed by atoms with E-state index in [9.17, 15) is 4.79 Å². The molecular weight excluding hydrogens is 144 g/mol. The molecule has 0 spiro atoms. The molecule has 3 nitrogen and oxygen atoms in total. The van der Waals surface area contributed by atoms with Gasteiger partial charge in [-0.05, 0) is 6.08 Å². The van der Waals surface area contributed by atoms with Crippen LogP contribution in [0.3, 0.4) is 0 Å². The van der Waals surface area contributed by atoms with E-state index in [-0.39, 0.29) is 23.9 Å². The lowest BCUT2D eigenvalue weighted by molar-refractivity contribution is -0.117. The highest BCUT2D eigenvalue weighted by atomic mass is 16.7. The Bertz CT molecular complexity index is 209. The zero-order valence-electron chi connectivity index (χ0n) is 6.32. The average Bonchev–Trinajstić information content (AvgIpc) is 2.53. The molecule has 0 bridgehead atoms. The maximum Gasteiger partial charge on any atom is 0.164 e. The number of hydrogen-bond acceptors (Lipinski definition) is 3. The van der Waals surface area contributed by atoms with Gasteiger partial charge in [-0.3, -0.25) is 4.79 Å². The second-order valence-electron chi connectivity index (χ2n) is 2.88. The zero-order chi connectivity index (χ0) is 7.84. The van der Waals surface area contributed by atoms with Crippen LogP contribution in [-0.2, 0) is 14.3 Å². The van der Waals surface area contributed by atoms with Gasteiger partial charge in [0.05, 0.1) is 12.5 Å². The van der Waals surface area contributed by atoms with Gasteiger partial charge in [-0.1, -0.05) is 6.08 Å². The molecule has 1 heterocycles. The van der Waals surface area contributed by atoms with E-state index >= 15 is 0 Å². The Morgan fingerprint density at radius 3 is 3.27 bits per heavy atom. The molecular formula is C8H10O3. The Kier molecular flexibility index (Phi) is 1.55. The molecule has 1 fully saturated rings. The average molecular weight is 154 g/mol. The molecule has 2 rings (SSSR count). The molecule has 0 amide bonds. The van der Waals surface area contributed by atoms with Crippen molar-refractivity contribution < 1.29 is 14.3 Å². The first kappa shape index (κ1) is 7.00. The van der Waals surface area contributed by atoms with Gasteiger partial charge in [-0.2, -0.15) is 0 Å². The van der Waals surface area contributed by atoms with E-state index in [1.165, 1.54) is 0 Å². The summed E-state index contributed by atoms with van der Waals surface area (Å²) in [5, 5.41) is 0. The fourth-order valence-corrected chi connectivity index (χ4v) is 1.66. The van der Waals surface area contributed by atoms with Gasteiger partial charge in [0, 0.05) is 13.0 Å². The Hall–Kier alpha value is -0.670. The summed E-state index contributed by atoms with van der Waals surface area (Å²) in [5.74, 6) is 0.363. The van der Waals surface area contributed by atoms with E-state index in [4.69, 9.17) is 9.47 Å². The molecule has 60 valence electrons. The third-order valence-corrected chi connectivity index (χ3v) is 2.30. The molecule has 1 saturated heterocycles. The highest BCUT2D eigenvalue weighted by Crippen LogP contribution is 2.33. The standard InChI is InChI=1S/C8H10O3/c1-10-8-5-2-3-7(9)6(5)4-11-8/h2-3,5-6,8H,4H2,1H3/t5-,6-,8?/m1/s1. The van der Waals surface area contributed by atoms with E-state index in [1.807, 2.05) is 6.08 Å². The van der Waals surface area contributed by atoms with Gasteiger partial charge in [0.25, 0.3) is 0 Å². The monoisotopic (exact) mass is 154 g/mol. The summed E-state index contributed by atoms with van der Waals surface area (Å²) in [6, 6.07) is 0. The third kappa shape index (κ3) is 0.921. The van der Waals surface area contributed by atoms with Crippen molar-refractivity contribution in [2.45, 2.75) is 6.29 Å². The molecule has 0 aromatic rings. The van der Waals surface area contributed by atoms with E-state index < -0.39 is 0 Å². The minimum Gasteiger partial charge on any atom is -0.355 e. The molecule has 0 N–H and O–H groups in total. The van der Waals surface area contributed by atoms with Gasteiger partial charge in [0.15, 0.2) is 12.1 Å². The first-order valence-electron chi connectivity index (χ1n) is 3.69. The second kappa shape index (κ2) is 2.43. The number of carbonyl (C=O) groups excluding carboxylic acids is 1. The number of methoxy groups -OCH3 is 1. The molecule has 0 radical (unpaired) electrons. The van der Waals surface area contributed by atoms with E-state index in [2.05, 4.69) is 0 Å². The molecule has 11 heavy (non-hydrogen) atoms. The van der Waals surface area contributed by atoms with Crippen LogP contribution >= 0.6 is 0 Å². The number of ketones is 1. The topological polar surface area (TPSA) is 35.5 Å². The number of ether oxygens (including phenoxy) is 2. The highest BCUT2D eigenvalue weighted by Gasteiger charge is 2.42. The quantitative estimate of drug-likeness (QED) is 0.547. The number of fused-ring (bicyclic) bond motifs is 1. The van der Waals surface area contributed by atoms with Gasteiger partial charge in [-0.25, -0.2) is 0 Å². The molecule has 1 aliphatic carbocycles. The van der Waals surface area contributed by atoms with Crippen LogP contribution in [-0.4, -0.2) is 25.8 Å². The Labute approximate surface area is 65.0 Å². The zero-order valence-corrected chi connectivity index (χ0v) is 6.32. The maximum atomic E-state index is 11.1. The van der Waals surface area contributed by atoms with Crippen molar-refractivity contribution in [1.82, 2.24) is 0 Å². The van der Waals surface area contributed by atoms with Gasteiger partial charge in [-0.15, -0.1) is 0 Å². The van der Waals surface area contributed by atoms with Crippen LogP contribution in [0.1, 0.15) is 0 Å².